The van der Waals surface area contributed by atoms with Gasteiger partial charge in [-0.25, -0.2) is 0 Å². The molecule has 4 rings (SSSR count). The van der Waals surface area contributed by atoms with Crippen LogP contribution in [-0.2, 0) is 16.0 Å². The number of carbonyl (C=O) groups excluding carboxylic acids is 2. The number of amides is 1. The Balaban J connectivity index is 1.72. The summed E-state index contributed by atoms with van der Waals surface area (Å²) in [4.78, 5) is 30.7. The number of ether oxygens (including phenoxy) is 2. The first-order chi connectivity index (χ1) is 18.4. The van der Waals surface area contributed by atoms with Crippen molar-refractivity contribution in [3.8, 4) is 11.5 Å². The van der Waals surface area contributed by atoms with E-state index in [0.717, 1.165) is 62.2 Å². The second-order valence-electron chi connectivity index (χ2n) is 10.1. The summed E-state index contributed by atoms with van der Waals surface area (Å²) in [5.41, 5.74) is 2.37. The number of rotatable bonds is 12. The number of nitrogens with zero attached hydrogens (tertiary/aromatic N) is 2. The summed E-state index contributed by atoms with van der Waals surface area (Å²) in [6.45, 7) is 12.0. The van der Waals surface area contributed by atoms with E-state index in [9.17, 15) is 14.7 Å². The Labute approximate surface area is 226 Å². The highest BCUT2D eigenvalue weighted by atomic mass is 16.5. The van der Waals surface area contributed by atoms with Crippen molar-refractivity contribution in [2.75, 3.05) is 32.8 Å². The molecule has 0 saturated carbocycles. The monoisotopic (exact) mass is 520 g/mol. The number of Topliss-reactive ketones (excluding diaryl/α,β-unsaturated/α-hetero) is 1. The predicted octanol–water partition coefficient (Wildman–Crippen LogP) is 5.34. The molecule has 7 heteroatoms. The molecule has 2 heterocycles. The summed E-state index contributed by atoms with van der Waals surface area (Å²) in [6.07, 6.45) is 3.49. The maximum Gasteiger partial charge on any atom is 0.295 e. The highest BCUT2D eigenvalue weighted by Crippen LogP contribution is 2.41. The lowest BCUT2D eigenvalue weighted by atomic mass is 9.94. The van der Waals surface area contributed by atoms with E-state index >= 15 is 0 Å². The molecule has 2 atom stereocenters. The summed E-state index contributed by atoms with van der Waals surface area (Å²) in [5.74, 6) is 0.0938. The fourth-order valence-corrected chi connectivity index (χ4v) is 5.30. The first-order valence-electron chi connectivity index (χ1n) is 13.9. The van der Waals surface area contributed by atoms with E-state index in [2.05, 4.69) is 25.7 Å². The Hall–Kier alpha value is -3.32. The van der Waals surface area contributed by atoms with E-state index in [0.29, 0.717) is 24.5 Å². The smallest absolute Gasteiger partial charge is 0.295 e. The Morgan fingerprint density at radius 3 is 2.63 bits per heavy atom. The Morgan fingerprint density at radius 2 is 1.89 bits per heavy atom. The summed E-state index contributed by atoms with van der Waals surface area (Å²) >= 11 is 0. The molecule has 0 spiro atoms. The molecule has 7 nitrogen and oxygen atoms in total. The van der Waals surface area contributed by atoms with Gasteiger partial charge in [-0.05, 0) is 80.9 Å². The van der Waals surface area contributed by atoms with Gasteiger partial charge in [0.05, 0.1) is 18.2 Å². The zero-order valence-corrected chi connectivity index (χ0v) is 23.0. The molecule has 1 N–H and O–H groups in total. The van der Waals surface area contributed by atoms with Gasteiger partial charge in [0.15, 0.2) is 0 Å². The van der Waals surface area contributed by atoms with Crippen molar-refractivity contribution in [3.63, 3.8) is 0 Å². The summed E-state index contributed by atoms with van der Waals surface area (Å²) in [7, 11) is 0. The average Bonchev–Trinajstić information content (AvgIpc) is 3.42. The predicted molar refractivity (Wildman–Crippen MR) is 148 cm³/mol. The number of benzene rings is 2. The number of likely N-dealkylation sites (tertiary alicyclic amines) is 1. The van der Waals surface area contributed by atoms with E-state index in [-0.39, 0.29) is 17.4 Å². The molecule has 2 aliphatic heterocycles. The molecular formula is C31H40N2O5. The lowest BCUT2D eigenvalue weighted by Crippen LogP contribution is -2.33. The van der Waals surface area contributed by atoms with Gasteiger partial charge in [0.25, 0.3) is 11.7 Å². The number of ketones is 1. The lowest BCUT2D eigenvalue weighted by Gasteiger charge is -2.27. The van der Waals surface area contributed by atoms with Gasteiger partial charge in [-0.1, -0.05) is 39.3 Å². The number of aliphatic hydroxyl groups is 1. The van der Waals surface area contributed by atoms with Crippen molar-refractivity contribution in [1.29, 1.82) is 0 Å². The number of hydrogen-bond acceptors (Lipinski definition) is 6. The second kappa shape index (κ2) is 12.5. The van der Waals surface area contributed by atoms with Gasteiger partial charge in [0.1, 0.15) is 23.4 Å². The van der Waals surface area contributed by atoms with Crippen molar-refractivity contribution >= 4 is 17.4 Å². The van der Waals surface area contributed by atoms with Crippen LogP contribution in [0.1, 0.15) is 69.7 Å². The van der Waals surface area contributed by atoms with E-state index in [1.54, 1.807) is 11.0 Å². The van der Waals surface area contributed by atoms with Crippen molar-refractivity contribution in [3.05, 3.63) is 64.7 Å². The molecule has 2 aromatic carbocycles. The van der Waals surface area contributed by atoms with E-state index in [1.807, 2.05) is 43.3 Å². The molecule has 0 aliphatic carbocycles. The standard InChI is InChI=1S/C31H40N2O5/c1-5-8-17-37-25-12-9-11-22(20-25)28-27(29(34)23-13-14-26-24(19-23)18-21(4)38-26)30(35)31(36)33(28)16-10-15-32(6-2)7-3/h9,11-14,19-21,28,34H,5-8,10,15-18H2,1-4H3/t21-,28+/m1/s1. The number of carbonyl (C=O) groups is 2. The zero-order chi connectivity index (χ0) is 27.2. The minimum atomic E-state index is -0.690. The van der Waals surface area contributed by atoms with E-state index in [1.165, 1.54) is 0 Å². The number of fused-ring (bicyclic) bond motifs is 1. The maximum atomic E-state index is 13.4. The van der Waals surface area contributed by atoms with Crippen molar-refractivity contribution in [2.24, 2.45) is 0 Å². The van der Waals surface area contributed by atoms with Gasteiger partial charge in [-0.2, -0.15) is 0 Å². The third-order valence-corrected chi connectivity index (χ3v) is 7.42. The first-order valence-corrected chi connectivity index (χ1v) is 13.9. The van der Waals surface area contributed by atoms with E-state index < -0.39 is 17.7 Å². The normalized spacial score (nSPS) is 20.2. The molecule has 1 amide bonds. The van der Waals surface area contributed by atoms with Gasteiger partial charge < -0.3 is 24.4 Å². The van der Waals surface area contributed by atoms with Crippen LogP contribution in [0.3, 0.4) is 0 Å². The van der Waals surface area contributed by atoms with Crippen molar-refractivity contribution < 1.29 is 24.2 Å². The Bertz CT molecular complexity index is 1190. The molecule has 2 aliphatic rings. The molecule has 0 bridgehead atoms. The Kier molecular flexibility index (Phi) is 9.10. The largest absolute Gasteiger partial charge is 0.507 e. The molecule has 1 saturated heterocycles. The van der Waals surface area contributed by atoms with Gasteiger partial charge in [0.2, 0.25) is 0 Å². The van der Waals surface area contributed by atoms with Gasteiger partial charge >= 0.3 is 0 Å². The van der Waals surface area contributed by atoms with Crippen LogP contribution in [-0.4, -0.2) is 65.5 Å². The van der Waals surface area contributed by atoms with Crippen LogP contribution in [0, 0.1) is 0 Å². The van der Waals surface area contributed by atoms with Crippen LogP contribution in [0.15, 0.2) is 48.0 Å². The molecule has 204 valence electrons. The minimum absolute atomic E-state index is 0.0641. The molecular weight excluding hydrogens is 480 g/mol. The molecule has 0 aromatic heterocycles. The van der Waals surface area contributed by atoms with Gasteiger partial charge in [-0.15, -0.1) is 0 Å². The Morgan fingerprint density at radius 1 is 1.11 bits per heavy atom. The van der Waals surface area contributed by atoms with Crippen LogP contribution in [0.2, 0.25) is 0 Å². The van der Waals surface area contributed by atoms with Crippen LogP contribution in [0.4, 0.5) is 0 Å². The minimum Gasteiger partial charge on any atom is -0.507 e. The number of hydrogen-bond donors (Lipinski definition) is 1. The topological polar surface area (TPSA) is 79.3 Å². The van der Waals surface area contributed by atoms with Gasteiger partial charge in [0, 0.05) is 18.5 Å². The molecule has 2 aromatic rings. The highest BCUT2D eigenvalue weighted by molar-refractivity contribution is 6.46. The number of aliphatic hydroxyl groups excluding tert-OH is 1. The third kappa shape index (κ3) is 5.88. The van der Waals surface area contributed by atoms with E-state index in [4.69, 9.17) is 9.47 Å². The zero-order valence-electron chi connectivity index (χ0n) is 23.0. The van der Waals surface area contributed by atoms with Crippen molar-refractivity contribution in [1.82, 2.24) is 9.80 Å². The summed E-state index contributed by atoms with van der Waals surface area (Å²) < 4.78 is 11.7. The summed E-state index contributed by atoms with van der Waals surface area (Å²) in [6, 6.07) is 12.3. The highest BCUT2D eigenvalue weighted by Gasteiger charge is 2.46. The first kappa shape index (κ1) is 27.7. The molecule has 0 unspecified atom stereocenters. The maximum absolute atomic E-state index is 13.4. The fourth-order valence-electron chi connectivity index (χ4n) is 5.30. The fraction of sp³-hybridized carbons (Fsp3) is 0.484. The number of unbranched alkanes of at least 4 members (excludes halogenated alkanes) is 1. The molecule has 1 fully saturated rings. The van der Waals surface area contributed by atoms with Crippen molar-refractivity contribution in [2.45, 2.75) is 65.5 Å². The average molecular weight is 521 g/mol. The SMILES string of the molecule is CCCCOc1cccc([C@H]2C(=C(O)c3ccc4c(c3)C[C@@H](C)O4)C(=O)C(=O)N2CCCN(CC)CC)c1. The molecule has 38 heavy (non-hydrogen) atoms. The van der Waals surface area contributed by atoms with Crippen LogP contribution < -0.4 is 9.47 Å². The van der Waals surface area contributed by atoms with Crippen LogP contribution in [0.5, 0.6) is 11.5 Å². The van der Waals surface area contributed by atoms with Gasteiger partial charge in [-0.3, -0.25) is 9.59 Å². The quantitative estimate of drug-likeness (QED) is 0.176. The second-order valence-corrected chi connectivity index (χ2v) is 10.1. The van der Waals surface area contributed by atoms with Crippen LogP contribution in [0.25, 0.3) is 5.76 Å². The van der Waals surface area contributed by atoms with Crippen LogP contribution >= 0.6 is 0 Å². The summed E-state index contributed by atoms with van der Waals surface area (Å²) in [5, 5.41) is 11.5. The third-order valence-electron chi connectivity index (χ3n) is 7.42. The molecule has 0 radical (unpaired) electrons. The lowest BCUT2D eigenvalue weighted by molar-refractivity contribution is -0.140.